The second-order valence-electron chi connectivity index (χ2n) is 0.266. The Morgan fingerprint density at radius 1 is 1.67 bits per heavy atom. The van der Waals surface area contributed by atoms with Crippen molar-refractivity contribution >= 4 is 55.0 Å². The van der Waals surface area contributed by atoms with Crippen LogP contribution in [0.1, 0.15) is 0 Å². The average Bonchev–Trinajstić information content (AvgIpc) is 0.811. The largest absolute Gasteiger partial charge is 2.00 e. The van der Waals surface area contributed by atoms with Gasteiger partial charge in [-0.3, -0.25) is 0 Å². The van der Waals surface area contributed by atoms with Gasteiger partial charge in [0, 0.05) is 0 Å². The Bertz CT molecular complexity index is 30.5. The van der Waals surface area contributed by atoms with Crippen LogP contribution in [0.15, 0.2) is 0 Å². The van der Waals surface area contributed by atoms with Crippen LogP contribution in [0.25, 0.3) is 0 Å². The van der Waals surface area contributed by atoms with Gasteiger partial charge in [-0.15, -0.1) is 0 Å². The minimum Gasteiger partial charge on any atom is -0.870 e. The smallest absolute Gasteiger partial charge is 0.870 e. The molecule has 0 aromatic heterocycles. The van der Waals surface area contributed by atoms with Gasteiger partial charge in [-0.1, -0.05) is 0 Å². The van der Waals surface area contributed by atoms with E-state index in [-0.39, 0.29) is 54.4 Å². The molecule has 0 saturated carbocycles. The van der Waals surface area contributed by atoms with E-state index in [9.17, 15) is 0 Å². The molecule has 0 saturated heterocycles. The van der Waals surface area contributed by atoms with Crippen LogP contribution in [0.2, 0.25) is 0 Å². The topological polar surface area (TPSA) is 90.4 Å². The zero-order valence-electron chi connectivity index (χ0n) is 2.92. The third kappa shape index (κ3) is 108. The van der Waals surface area contributed by atoms with Crippen LogP contribution in [0.3, 0.4) is 0 Å². The predicted molar refractivity (Wildman–Crippen MR) is 15.7 cm³/mol. The zero-order valence-corrected chi connectivity index (χ0v) is 7.36. The van der Waals surface area contributed by atoms with Gasteiger partial charge < -0.3 is 20.5 Å². The summed E-state index contributed by atoms with van der Waals surface area (Å²) in [4.78, 5) is 8.44. The summed E-state index contributed by atoms with van der Waals surface area (Å²) >= 11 is 0. The Labute approximate surface area is 74.5 Å². The molecular formula is CH2BaO4. The van der Waals surface area contributed by atoms with E-state index in [1.807, 2.05) is 0 Å². The molecule has 0 radical (unpaired) electrons. The number of rotatable bonds is 0. The van der Waals surface area contributed by atoms with E-state index < -0.39 is 6.16 Å². The van der Waals surface area contributed by atoms with E-state index >= 15 is 0 Å². The molecule has 0 aliphatic carbocycles. The maximum absolute atomic E-state index is 8.44. The first-order valence-corrected chi connectivity index (χ1v) is 0.632. The normalized spacial score (nSPS) is 4.00. The van der Waals surface area contributed by atoms with E-state index in [1.165, 1.54) is 0 Å². The van der Waals surface area contributed by atoms with Crippen molar-refractivity contribution in [1.82, 2.24) is 0 Å². The van der Waals surface area contributed by atoms with Gasteiger partial charge in [0.1, 0.15) is 0 Å². The Kier molecular flexibility index (Phi) is 24.4. The van der Waals surface area contributed by atoms with Gasteiger partial charge in [0.05, 0.1) is 0 Å². The van der Waals surface area contributed by atoms with Crippen molar-refractivity contribution in [2.24, 2.45) is 0 Å². The Morgan fingerprint density at radius 2 is 1.67 bits per heavy atom. The molecule has 0 spiro atoms. The van der Waals surface area contributed by atoms with Crippen molar-refractivity contribution in [1.29, 1.82) is 0 Å². The van der Waals surface area contributed by atoms with Gasteiger partial charge in [0.2, 0.25) is 6.16 Å². The summed E-state index contributed by atoms with van der Waals surface area (Å²) in [5.74, 6) is 0. The number of hydrogen-bond donors (Lipinski definition) is 1. The molecule has 0 aliphatic rings. The van der Waals surface area contributed by atoms with Crippen LogP contribution >= 0.6 is 0 Å². The van der Waals surface area contributed by atoms with E-state index in [2.05, 4.69) is 0 Å². The number of hydrogen-bond acceptors (Lipinski definition) is 3. The minimum atomic E-state index is -2.08. The molecule has 0 aromatic carbocycles. The third-order valence-electron chi connectivity index (χ3n) is 0. The minimum absolute atomic E-state index is 0. The molecular weight excluding hydrogens is 213 g/mol. The molecule has 2 N–H and O–H groups in total. The molecule has 0 atom stereocenters. The van der Waals surface area contributed by atoms with Gasteiger partial charge in [-0.25, -0.2) is 0 Å². The van der Waals surface area contributed by atoms with Gasteiger partial charge >= 0.3 is 48.9 Å². The first-order chi connectivity index (χ1) is 1.73. The monoisotopic (exact) mass is 216 g/mol. The summed E-state index contributed by atoms with van der Waals surface area (Å²) in [7, 11) is 0. The number of carboxylic acid groups (broad SMARTS) is 2. The van der Waals surface area contributed by atoms with Crippen LogP contribution in [0, 0.1) is 0 Å². The van der Waals surface area contributed by atoms with E-state index in [1.54, 1.807) is 0 Å². The molecule has 0 aromatic rings. The van der Waals surface area contributed by atoms with E-state index in [0.29, 0.717) is 0 Å². The Hall–Kier alpha value is 0.801. The first-order valence-electron chi connectivity index (χ1n) is 0.632. The zero-order chi connectivity index (χ0) is 3.58. The summed E-state index contributed by atoms with van der Waals surface area (Å²) in [6, 6.07) is 0. The summed E-state index contributed by atoms with van der Waals surface area (Å²) < 4.78 is 0. The fourth-order valence-electron chi connectivity index (χ4n) is 0. The SMILES string of the molecule is O=C([O-])O.[Ba+2].[OH-]. The molecule has 0 unspecified atom stereocenters. The van der Waals surface area contributed by atoms with Crippen molar-refractivity contribution in [2.75, 3.05) is 0 Å². The maximum atomic E-state index is 8.44. The summed E-state index contributed by atoms with van der Waals surface area (Å²) in [5.41, 5.74) is 0. The summed E-state index contributed by atoms with van der Waals surface area (Å²) in [6.07, 6.45) is -2.08. The van der Waals surface area contributed by atoms with Gasteiger partial charge in [0.25, 0.3) is 0 Å². The average molecular weight is 215 g/mol. The molecule has 0 bridgehead atoms. The van der Waals surface area contributed by atoms with Crippen LogP contribution in [-0.2, 0) is 0 Å². The molecule has 0 aliphatic heterocycles. The fourth-order valence-corrected chi connectivity index (χ4v) is 0. The molecule has 0 amide bonds. The van der Waals surface area contributed by atoms with E-state index in [4.69, 9.17) is 15.0 Å². The van der Waals surface area contributed by atoms with Crippen molar-refractivity contribution in [3.8, 4) is 0 Å². The van der Waals surface area contributed by atoms with Crippen LogP contribution in [-0.4, -0.2) is 65.6 Å². The summed E-state index contributed by atoms with van der Waals surface area (Å²) in [5, 5.41) is 15.3. The second-order valence-corrected chi connectivity index (χ2v) is 0.266. The summed E-state index contributed by atoms with van der Waals surface area (Å²) in [6.45, 7) is 0. The molecule has 0 heterocycles. The Morgan fingerprint density at radius 3 is 1.67 bits per heavy atom. The molecule has 0 fully saturated rings. The van der Waals surface area contributed by atoms with Crippen LogP contribution in [0.4, 0.5) is 4.79 Å². The predicted octanol–water partition coefficient (Wildman–Crippen LogP) is -1.67. The van der Waals surface area contributed by atoms with Crippen molar-refractivity contribution < 1.29 is 20.5 Å². The fraction of sp³-hybridized carbons (Fsp3) is 0. The van der Waals surface area contributed by atoms with Crippen molar-refractivity contribution in [3.63, 3.8) is 0 Å². The van der Waals surface area contributed by atoms with Crippen LogP contribution in [0.5, 0.6) is 0 Å². The van der Waals surface area contributed by atoms with Gasteiger partial charge in [-0.05, 0) is 0 Å². The number of carbonyl (C=O) groups is 1. The second kappa shape index (κ2) is 9.26. The standard InChI is InChI=1S/CH2O3.Ba.H2O/c2-1(3)4;;/h(H2,2,3,4);;1H2/q;+2;/p-2. The van der Waals surface area contributed by atoms with Gasteiger partial charge in [0.15, 0.2) is 0 Å². The maximum Gasteiger partial charge on any atom is 2.00 e. The van der Waals surface area contributed by atoms with Crippen molar-refractivity contribution in [2.45, 2.75) is 0 Å². The molecule has 0 rings (SSSR count). The van der Waals surface area contributed by atoms with Crippen LogP contribution < -0.4 is 5.11 Å². The molecule has 6 heavy (non-hydrogen) atoms. The third-order valence-corrected chi connectivity index (χ3v) is 0. The molecule has 5 heteroatoms. The molecule has 4 nitrogen and oxygen atoms in total. The first kappa shape index (κ1) is 15.8. The quantitative estimate of drug-likeness (QED) is 0.489. The molecule has 32 valence electrons. The van der Waals surface area contributed by atoms with E-state index in [0.717, 1.165) is 0 Å². The van der Waals surface area contributed by atoms with Gasteiger partial charge in [-0.2, -0.15) is 0 Å². The Balaban J connectivity index is -0.0000000450. The van der Waals surface area contributed by atoms with Crippen molar-refractivity contribution in [3.05, 3.63) is 0 Å².